The third-order valence-electron chi connectivity index (χ3n) is 2.35. The summed E-state index contributed by atoms with van der Waals surface area (Å²) in [5.74, 6) is -0.804. The van der Waals surface area contributed by atoms with Crippen LogP contribution < -0.4 is 5.48 Å². The zero-order valence-corrected chi connectivity index (χ0v) is 10.1. The maximum absolute atomic E-state index is 11.9. The second-order valence-electron chi connectivity index (χ2n) is 3.86. The summed E-state index contributed by atoms with van der Waals surface area (Å²) in [6, 6.07) is 8.80. The van der Waals surface area contributed by atoms with Crippen LogP contribution in [0.5, 0.6) is 0 Å². The Balaban J connectivity index is 2.07. The molecule has 20 heavy (non-hydrogen) atoms. The summed E-state index contributed by atoms with van der Waals surface area (Å²) >= 11 is 0. The lowest BCUT2D eigenvalue weighted by atomic mass is 10.1. The van der Waals surface area contributed by atoms with E-state index in [1.165, 1.54) is 6.20 Å². The molecule has 1 aromatic carbocycles. The van der Waals surface area contributed by atoms with Gasteiger partial charge in [0.1, 0.15) is 0 Å². The van der Waals surface area contributed by atoms with E-state index >= 15 is 0 Å². The number of alkyl halides is 3. The van der Waals surface area contributed by atoms with Gasteiger partial charge in [0.2, 0.25) is 0 Å². The molecule has 2 rings (SSSR count). The van der Waals surface area contributed by atoms with Crippen molar-refractivity contribution in [3.8, 4) is 11.3 Å². The van der Waals surface area contributed by atoms with Crippen molar-refractivity contribution in [2.75, 3.05) is 6.61 Å². The molecular formula is C12H10F3N3O2. The predicted molar refractivity (Wildman–Crippen MR) is 63.5 cm³/mol. The third kappa shape index (κ3) is 3.58. The number of carbonyl (C=O) groups excluding carboxylic acids is 1. The van der Waals surface area contributed by atoms with Crippen LogP contribution in [0.25, 0.3) is 11.3 Å². The predicted octanol–water partition coefficient (Wildman–Crippen LogP) is 2.30. The zero-order chi connectivity index (χ0) is 14.6. The third-order valence-corrected chi connectivity index (χ3v) is 2.35. The van der Waals surface area contributed by atoms with Gasteiger partial charge >= 0.3 is 6.18 Å². The van der Waals surface area contributed by atoms with Crippen molar-refractivity contribution < 1.29 is 22.8 Å². The Kier molecular flexibility index (Phi) is 4.04. The van der Waals surface area contributed by atoms with Crippen molar-refractivity contribution in [1.29, 1.82) is 0 Å². The van der Waals surface area contributed by atoms with E-state index in [2.05, 4.69) is 15.0 Å². The molecule has 8 heteroatoms. The first-order valence-electron chi connectivity index (χ1n) is 5.55. The van der Waals surface area contributed by atoms with Gasteiger partial charge in [0, 0.05) is 5.56 Å². The number of hydroxylamine groups is 1. The number of benzene rings is 1. The first-order valence-corrected chi connectivity index (χ1v) is 5.55. The number of nitrogens with one attached hydrogen (secondary N) is 2. The molecule has 5 nitrogen and oxygen atoms in total. The molecule has 2 N–H and O–H groups in total. The lowest BCUT2D eigenvalue weighted by molar-refractivity contribution is -0.184. The number of H-pyrrole nitrogens is 1. The summed E-state index contributed by atoms with van der Waals surface area (Å²) in [5, 5.41) is 6.33. The molecule has 0 atom stereocenters. The van der Waals surface area contributed by atoms with E-state index in [-0.39, 0.29) is 5.56 Å². The van der Waals surface area contributed by atoms with E-state index in [4.69, 9.17) is 0 Å². The molecular weight excluding hydrogens is 275 g/mol. The molecule has 0 bridgehead atoms. The second-order valence-corrected chi connectivity index (χ2v) is 3.86. The van der Waals surface area contributed by atoms with Gasteiger partial charge in [0.05, 0.1) is 17.5 Å². The Morgan fingerprint density at radius 1 is 1.30 bits per heavy atom. The van der Waals surface area contributed by atoms with Crippen LogP contribution in [0.3, 0.4) is 0 Å². The van der Waals surface area contributed by atoms with Crippen LogP contribution in [0.4, 0.5) is 13.2 Å². The van der Waals surface area contributed by atoms with Crippen molar-refractivity contribution in [1.82, 2.24) is 15.7 Å². The van der Waals surface area contributed by atoms with Crippen molar-refractivity contribution in [3.05, 3.63) is 42.1 Å². The summed E-state index contributed by atoms with van der Waals surface area (Å²) < 4.78 is 35.7. The van der Waals surface area contributed by atoms with Gasteiger partial charge in [-0.25, -0.2) is 5.48 Å². The summed E-state index contributed by atoms with van der Waals surface area (Å²) in [5.41, 5.74) is 2.92. The second kappa shape index (κ2) is 5.74. The molecule has 0 unspecified atom stereocenters. The van der Waals surface area contributed by atoms with Gasteiger partial charge in [0.25, 0.3) is 5.91 Å². The van der Waals surface area contributed by atoms with Crippen LogP contribution in [0, 0.1) is 0 Å². The fourth-order valence-corrected chi connectivity index (χ4v) is 1.52. The smallest absolute Gasteiger partial charge is 0.277 e. The maximum Gasteiger partial charge on any atom is 0.414 e. The average molecular weight is 285 g/mol. The van der Waals surface area contributed by atoms with Crippen molar-refractivity contribution in [2.24, 2.45) is 0 Å². The molecule has 2 aromatic rings. The van der Waals surface area contributed by atoms with Crippen molar-refractivity contribution in [3.63, 3.8) is 0 Å². The molecule has 1 aromatic heterocycles. The molecule has 0 aliphatic rings. The molecule has 0 aliphatic carbocycles. The Bertz CT molecular complexity index is 581. The fraction of sp³-hybridized carbons (Fsp3) is 0.167. The highest BCUT2D eigenvalue weighted by molar-refractivity contribution is 5.99. The summed E-state index contributed by atoms with van der Waals surface area (Å²) in [6.07, 6.45) is -3.29. The summed E-state index contributed by atoms with van der Waals surface area (Å²) in [4.78, 5) is 15.8. The summed E-state index contributed by atoms with van der Waals surface area (Å²) in [7, 11) is 0. The minimum Gasteiger partial charge on any atom is -0.277 e. The van der Waals surface area contributed by atoms with Gasteiger partial charge in [-0.1, -0.05) is 30.3 Å². The topological polar surface area (TPSA) is 67.0 Å². The standard InChI is InChI=1S/C12H10F3N3O2/c13-12(14,15)7-20-18-11(19)9-6-16-17-10(9)8-4-2-1-3-5-8/h1-6H,7H2,(H,16,17)(H,18,19). The number of halogens is 3. The van der Waals surface area contributed by atoms with Gasteiger partial charge in [0.15, 0.2) is 6.61 Å². The zero-order valence-electron chi connectivity index (χ0n) is 10.1. The Labute approximate surface area is 111 Å². The van der Waals surface area contributed by atoms with Crippen LogP contribution in [0.1, 0.15) is 10.4 Å². The van der Waals surface area contributed by atoms with Gasteiger partial charge < -0.3 is 0 Å². The molecule has 1 amide bonds. The lowest BCUT2D eigenvalue weighted by Crippen LogP contribution is -2.29. The first kappa shape index (κ1) is 14.1. The first-order chi connectivity index (χ1) is 9.47. The highest BCUT2D eigenvalue weighted by Gasteiger charge is 2.28. The van der Waals surface area contributed by atoms with E-state index in [1.54, 1.807) is 35.8 Å². The molecule has 106 valence electrons. The van der Waals surface area contributed by atoms with E-state index < -0.39 is 18.7 Å². The number of hydrogen-bond donors (Lipinski definition) is 2. The largest absolute Gasteiger partial charge is 0.414 e. The number of carbonyl (C=O) groups is 1. The highest BCUT2D eigenvalue weighted by Crippen LogP contribution is 2.20. The van der Waals surface area contributed by atoms with Crippen LogP contribution >= 0.6 is 0 Å². The quantitative estimate of drug-likeness (QED) is 0.847. The van der Waals surface area contributed by atoms with E-state index in [0.29, 0.717) is 11.3 Å². The van der Waals surface area contributed by atoms with Gasteiger partial charge in [-0.2, -0.15) is 18.3 Å². The molecule has 0 spiro atoms. The van der Waals surface area contributed by atoms with Gasteiger partial charge in [-0.3, -0.25) is 14.7 Å². The van der Waals surface area contributed by atoms with Gasteiger partial charge in [-0.15, -0.1) is 0 Å². The van der Waals surface area contributed by atoms with E-state index in [0.717, 1.165) is 0 Å². The lowest BCUT2D eigenvalue weighted by Gasteiger charge is -2.08. The highest BCUT2D eigenvalue weighted by atomic mass is 19.4. The Hall–Kier alpha value is -2.35. The fourth-order valence-electron chi connectivity index (χ4n) is 1.52. The number of nitrogens with zero attached hydrogens (tertiary/aromatic N) is 1. The minimum atomic E-state index is -4.51. The average Bonchev–Trinajstić information content (AvgIpc) is 2.87. The molecule has 0 saturated carbocycles. The van der Waals surface area contributed by atoms with Crippen molar-refractivity contribution >= 4 is 5.91 Å². The van der Waals surface area contributed by atoms with Crippen LogP contribution in [0.15, 0.2) is 36.5 Å². The molecule has 0 radical (unpaired) electrons. The number of aromatic nitrogens is 2. The van der Waals surface area contributed by atoms with Crippen LogP contribution in [-0.2, 0) is 4.84 Å². The number of hydrogen-bond acceptors (Lipinski definition) is 3. The molecule has 0 aliphatic heterocycles. The normalized spacial score (nSPS) is 11.3. The number of rotatable bonds is 4. The van der Waals surface area contributed by atoms with Crippen LogP contribution in [-0.4, -0.2) is 28.9 Å². The maximum atomic E-state index is 11.9. The molecule has 1 heterocycles. The molecule has 0 fully saturated rings. The monoisotopic (exact) mass is 285 g/mol. The van der Waals surface area contributed by atoms with E-state index in [9.17, 15) is 18.0 Å². The van der Waals surface area contributed by atoms with E-state index in [1.807, 2.05) is 0 Å². The van der Waals surface area contributed by atoms with Gasteiger partial charge in [-0.05, 0) is 0 Å². The minimum absolute atomic E-state index is 0.0957. The SMILES string of the molecule is O=C(NOCC(F)(F)F)c1cn[nH]c1-c1ccccc1. The van der Waals surface area contributed by atoms with Crippen molar-refractivity contribution in [2.45, 2.75) is 6.18 Å². The number of amides is 1. The van der Waals surface area contributed by atoms with Crippen LogP contribution in [0.2, 0.25) is 0 Å². The Morgan fingerprint density at radius 3 is 2.65 bits per heavy atom. The Morgan fingerprint density at radius 2 is 2.00 bits per heavy atom. The number of aromatic amines is 1. The molecule has 0 saturated heterocycles. The summed E-state index contributed by atoms with van der Waals surface area (Å²) in [6.45, 7) is -1.56.